The number of anilines is 1. The zero-order valence-corrected chi connectivity index (χ0v) is 18.0. The van der Waals surface area contributed by atoms with Gasteiger partial charge in [-0.15, -0.1) is 0 Å². The fourth-order valence-corrected chi connectivity index (χ4v) is 4.59. The summed E-state index contributed by atoms with van der Waals surface area (Å²) in [6.45, 7) is 4.62. The van der Waals surface area contributed by atoms with Crippen LogP contribution < -0.4 is 10.2 Å². The normalized spacial score (nSPS) is 18.5. The summed E-state index contributed by atoms with van der Waals surface area (Å²) in [5.74, 6) is 0.109. The number of nitrogens with one attached hydrogen (secondary N) is 1. The lowest BCUT2D eigenvalue weighted by Crippen LogP contribution is -2.50. The smallest absolute Gasteiger partial charge is 0.230 e. The summed E-state index contributed by atoms with van der Waals surface area (Å²) in [5, 5.41) is 3.04. The highest BCUT2D eigenvalue weighted by molar-refractivity contribution is 5.89. The van der Waals surface area contributed by atoms with Crippen LogP contribution in [0.15, 0.2) is 60.7 Å². The second kappa shape index (κ2) is 9.96. The first-order chi connectivity index (χ1) is 15.2. The van der Waals surface area contributed by atoms with Crippen LogP contribution in [0.1, 0.15) is 24.8 Å². The molecule has 31 heavy (non-hydrogen) atoms. The van der Waals surface area contributed by atoms with Gasteiger partial charge in [-0.1, -0.05) is 48.5 Å². The summed E-state index contributed by atoms with van der Waals surface area (Å²) < 4.78 is 5.51. The van der Waals surface area contributed by atoms with Gasteiger partial charge in [-0.25, -0.2) is 0 Å². The molecule has 164 valence electrons. The van der Waals surface area contributed by atoms with Crippen LogP contribution >= 0.6 is 0 Å². The van der Waals surface area contributed by atoms with Crippen LogP contribution in [-0.4, -0.2) is 62.7 Å². The molecule has 0 aliphatic carbocycles. The van der Waals surface area contributed by atoms with Crippen molar-refractivity contribution in [1.82, 2.24) is 10.2 Å². The number of carbonyl (C=O) groups excluding carboxylic acids is 2. The minimum absolute atomic E-state index is 0.00342. The van der Waals surface area contributed by atoms with Gasteiger partial charge in [-0.05, 0) is 30.5 Å². The van der Waals surface area contributed by atoms with E-state index in [0.29, 0.717) is 52.1 Å². The zero-order chi connectivity index (χ0) is 21.5. The Labute approximate surface area is 184 Å². The van der Waals surface area contributed by atoms with Gasteiger partial charge >= 0.3 is 0 Å². The molecule has 0 aromatic heterocycles. The van der Waals surface area contributed by atoms with Crippen molar-refractivity contribution in [2.75, 3.05) is 50.8 Å². The molecule has 0 saturated carbocycles. The summed E-state index contributed by atoms with van der Waals surface area (Å²) in [6.07, 6.45) is 1.66. The Morgan fingerprint density at radius 2 is 1.48 bits per heavy atom. The van der Waals surface area contributed by atoms with Crippen molar-refractivity contribution in [3.05, 3.63) is 66.2 Å². The first-order valence-electron chi connectivity index (χ1n) is 11.2. The van der Waals surface area contributed by atoms with E-state index >= 15 is 0 Å². The molecule has 2 heterocycles. The van der Waals surface area contributed by atoms with E-state index < -0.39 is 5.41 Å². The average molecular weight is 422 g/mol. The van der Waals surface area contributed by atoms with E-state index in [2.05, 4.69) is 22.3 Å². The van der Waals surface area contributed by atoms with Gasteiger partial charge in [0.2, 0.25) is 11.8 Å². The third-order valence-corrected chi connectivity index (χ3v) is 6.49. The van der Waals surface area contributed by atoms with Crippen LogP contribution in [0.2, 0.25) is 0 Å². The molecule has 6 nitrogen and oxygen atoms in total. The van der Waals surface area contributed by atoms with E-state index in [4.69, 9.17) is 4.74 Å². The SMILES string of the molecule is O=C(CCNC(=O)C1(c2ccccc2)CCOCC1)N1CCN(c2ccccc2)CC1. The minimum Gasteiger partial charge on any atom is -0.381 e. The molecule has 0 atom stereocenters. The van der Waals surface area contributed by atoms with Crippen molar-refractivity contribution in [1.29, 1.82) is 0 Å². The van der Waals surface area contributed by atoms with Gasteiger partial charge < -0.3 is 19.9 Å². The van der Waals surface area contributed by atoms with E-state index in [1.807, 2.05) is 53.4 Å². The monoisotopic (exact) mass is 421 g/mol. The van der Waals surface area contributed by atoms with E-state index in [0.717, 1.165) is 18.7 Å². The van der Waals surface area contributed by atoms with E-state index in [1.165, 1.54) is 5.69 Å². The number of nitrogens with zero attached hydrogens (tertiary/aromatic N) is 2. The second-order valence-electron chi connectivity index (χ2n) is 8.27. The maximum Gasteiger partial charge on any atom is 0.230 e. The fourth-order valence-electron chi connectivity index (χ4n) is 4.59. The van der Waals surface area contributed by atoms with Gasteiger partial charge in [0.15, 0.2) is 0 Å². The zero-order valence-electron chi connectivity index (χ0n) is 18.0. The lowest BCUT2D eigenvalue weighted by atomic mass is 9.73. The third kappa shape index (κ3) is 4.90. The topological polar surface area (TPSA) is 61.9 Å². The summed E-state index contributed by atoms with van der Waals surface area (Å²) in [5.41, 5.74) is 1.66. The summed E-state index contributed by atoms with van der Waals surface area (Å²) in [6, 6.07) is 20.2. The van der Waals surface area contributed by atoms with Crippen LogP contribution in [0.4, 0.5) is 5.69 Å². The Balaban J connectivity index is 1.27. The van der Waals surface area contributed by atoms with Gasteiger partial charge in [-0.2, -0.15) is 0 Å². The number of ether oxygens (including phenoxy) is 1. The summed E-state index contributed by atoms with van der Waals surface area (Å²) >= 11 is 0. The maximum absolute atomic E-state index is 13.2. The first kappa shape index (κ1) is 21.4. The standard InChI is InChI=1S/C25H31N3O3/c29-23(28-17-15-27(16-18-28)22-9-5-2-6-10-22)11-14-26-24(30)25(12-19-31-20-13-25)21-7-3-1-4-8-21/h1-10H,11-20H2,(H,26,30). The van der Waals surface area contributed by atoms with Gasteiger partial charge in [0.05, 0.1) is 5.41 Å². The number of para-hydroxylation sites is 1. The van der Waals surface area contributed by atoms with Gasteiger partial charge in [0, 0.05) is 58.0 Å². The minimum atomic E-state index is -0.566. The number of piperazine rings is 1. The molecular formula is C25H31N3O3. The highest BCUT2D eigenvalue weighted by atomic mass is 16.5. The largest absolute Gasteiger partial charge is 0.381 e. The van der Waals surface area contributed by atoms with Crippen molar-refractivity contribution in [3.8, 4) is 0 Å². The lowest BCUT2D eigenvalue weighted by molar-refractivity contribution is -0.132. The Morgan fingerprint density at radius 3 is 2.13 bits per heavy atom. The molecule has 0 radical (unpaired) electrons. The van der Waals surface area contributed by atoms with Crippen LogP contribution in [0, 0.1) is 0 Å². The van der Waals surface area contributed by atoms with E-state index in [9.17, 15) is 9.59 Å². The van der Waals surface area contributed by atoms with Crippen molar-refractivity contribution in [3.63, 3.8) is 0 Å². The molecule has 2 aliphatic rings. The molecule has 2 fully saturated rings. The molecule has 2 aromatic rings. The van der Waals surface area contributed by atoms with Crippen LogP contribution in [0.5, 0.6) is 0 Å². The molecule has 2 aromatic carbocycles. The Morgan fingerprint density at radius 1 is 0.871 bits per heavy atom. The predicted octanol–water partition coefficient (Wildman–Crippen LogP) is 2.59. The predicted molar refractivity (Wildman–Crippen MR) is 121 cm³/mol. The molecule has 6 heteroatoms. The summed E-state index contributed by atoms with van der Waals surface area (Å²) in [7, 11) is 0. The van der Waals surface area contributed by atoms with E-state index in [1.54, 1.807) is 0 Å². The third-order valence-electron chi connectivity index (χ3n) is 6.49. The van der Waals surface area contributed by atoms with Crippen molar-refractivity contribution < 1.29 is 14.3 Å². The van der Waals surface area contributed by atoms with Crippen molar-refractivity contribution in [2.24, 2.45) is 0 Å². The van der Waals surface area contributed by atoms with Crippen molar-refractivity contribution >= 4 is 17.5 Å². The Hall–Kier alpha value is -2.86. The number of hydrogen-bond acceptors (Lipinski definition) is 4. The molecule has 2 amide bonds. The number of amides is 2. The maximum atomic E-state index is 13.2. The number of benzene rings is 2. The number of carbonyl (C=O) groups is 2. The van der Waals surface area contributed by atoms with Crippen molar-refractivity contribution in [2.45, 2.75) is 24.7 Å². The summed E-state index contributed by atoms with van der Waals surface area (Å²) in [4.78, 5) is 30.1. The van der Waals surface area contributed by atoms with Gasteiger partial charge in [0.1, 0.15) is 0 Å². The molecule has 2 saturated heterocycles. The number of hydrogen-bond donors (Lipinski definition) is 1. The second-order valence-corrected chi connectivity index (χ2v) is 8.27. The van der Waals surface area contributed by atoms with E-state index in [-0.39, 0.29) is 11.8 Å². The molecular weight excluding hydrogens is 390 g/mol. The van der Waals surface area contributed by atoms with Gasteiger partial charge in [-0.3, -0.25) is 9.59 Å². The highest BCUT2D eigenvalue weighted by Crippen LogP contribution is 2.35. The number of rotatable bonds is 6. The Bertz CT molecular complexity index is 858. The highest BCUT2D eigenvalue weighted by Gasteiger charge is 2.41. The molecule has 4 rings (SSSR count). The molecule has 1 N–H and O–H groups in total. The Kier molecular flexibility index (Phi) is 6.87. The molecule has 2 aliphatic heterocycles. The first-order valence-corrected chi connectivity index (χ1v) is 11.2. The molecule has 0 spiro atoms. The fraction of sp³-hybridized carbons (Fsp3) is 0.440. The van der Waals surface area contributed by atoms with Crippen LogP contribution in [-0.2, 0) is 19.7 Å². The molecule has 0 unspecified atom stereocenters. The quantitative estimate of drug-likeness (QED) is 0.779. The van der Waals surface area contributed by atoms with Crippen LogP contribution in [0.3, 0.4) is 0 Å². The van der Waals surface area contributed by atoms with Gasteiger partial charge in [0.25, 0.3) is 0 Å². The average Bonchev–Trinajstić information content (AvgIpc) is 2.85. The lowest BCUT2D eigenvalue weighted by Gasteiger charge is -2.37. The van der Waals surface area contributed by atoms with Crippen LogP contribution in [0.25, 0.3) is 0 Å². The molecule has 0 bridgehead atoms.